The highest BCUT2D eigenvalue weighted by atomic mass is 32.2. The van der Waals surface area contributed by atoms with Crippen molar-refractivity contribution < 1.29 is 31.7 Å². The lowest BCUT2D eigenvalue weighted by atomic mass is 9.87. The van der Waals surface area contributed by atoms with Crippen molar-refractivity contribution in [2.45, 2.75) is 39.9 Å². The molecule has 1 atom stereocenters. The van der Waals surface area contributed by atoms with Gasteiger partial charge in [-0.3, -0.25) is 8.98 Å². The van der Waals surface area contributed by atoms with Crippen molar-refractivity contribution in [3.05, 3.63) is 35.9 Å². The second kappa shape index (κ2) is 13.5. The second-order valence-electron chi connectivity index (χ2n) is 8.50. The third-order valence-corrected chi connectivity index (χ3v) is 5.79. The van der Waals surface area contributed by atoms with E-state index < -0.39 is 27.6 Å². The number of benzene rings is 1. The van der Waals surface area contributed by atoms with Crippen molar-refractivity contribution in [1.82, 2.24) is 10.2 Å². The minimum Gasteiger partial charge on any atom is -0.462 e. The lowest BCUT2D eigenvalue weighted by Gasteiger charge is -2.32. The lowest BCUT2D eigenvalue weighted by Crippen LogP contribution is -2.44. The van der Waals surface area contributed by atoms with Gasteiger partial charge in [0.15, 0.2) is 6.10 Å². The molecule has 0 unspecified atom stereocenters. The summed E-state index contributed by atoms with van der Waals surface area (Å²) in [5.41, 5.74) is -0.102. The van der Waals surface area contributed by atoms with E-state index in [9.17, 15) is 18.0 Å². The molecule has 1 aromatic rings. The van der Waals surface area contributed by atoms with Crippen LogP contribution in [0.5, 0.6) is 0 Å². The molecular formula is C22H36N2O7S. The summed E-state index contributed by atoms with van der Waals surface area (Å²) >= 11 is 0. The SMILES string of the molecule is CC(=O)NCCCS(=O)(=O)OCC(C)(C)[C@@H](OCc1ccccc1)C(=O)OCCN(C)C. The Morgan fingerprint density at radius 3 is 2.41 bits per heavy atom. The fourth-order valence-corrected chi connectivity index (χ4v) is 3.76. The van der Waals surface area contributed by atoms with Gasteiger partial charge in [-0.1, -0.05) is 44.2 Å². The quantitative estimate of drug-likeness (QED) is 0.233. The van der Waals surface area contributed by atoms with Gasteiger partial charge in [-0.05, 0) is 26.1 Å². The zero-order chi connectivity index (χ0) is 24.2. The molecule has 0 aliphatic heterocycles. The molecule has 0 saturated heterocycles. The zero-order valence-electron chi connectivity index (χ0n) is 19.6. The molecule has 0 spiro atoms. The van der Waals surface area contributed by atoms with Crippen LogP contribution < -0.4 is 5.32 Å². The normalized spacial score (nSPS) is 13.1. The first-order chi connectivity index (χ1) is 14.9. The predicted molar refractivity (Wildman–Crippen MR) is 121 cm³/mol. The van der Waals surface area contributed by atoms with Gasteiger partial charge in [0.1, 0.15) is 6.61 Å². The van der Waals surface area contributed by atoms with Crippen LogP contribution in [0.25, 0.3) is 0 Å². The van der Waals surface area contributed by atoms with E-state index >= 15 is 0 Å². The highest BCUT2D eigenvalue weighted by molar-refractivity contribution is 7.86. The summed E-state index contributed by atoms with van der Waals surface area (Å²) in [6.07, 6.45) is -0.803. The maximum absolute atomic E-state index is 12.8. The zero-order valence-corrected chi connectivity index (χ0v) is 20.4. The number of carbonyl (C=O) groups is 2. The molecule has 1 rings (SSSR count). The average Bonchev–Trinajstić information content (AvgIpc) is 2.70. The van der Waals surface area contributed by atoms with E-state index in [2.05, 4.69) is 5.32 Å². The highest BCUT2D eigenvalue weighted by Crippen LogP contribution is 2.27. The Bertz CT molecular complexity index is 811. The number of ether oxygens (including phenoxy) is 2. The van der Waals surface area contributed by atoms with Gasteiger partial charge in [0, 0.05) is 25.4 Å². The van der Waals surface area contributed by atoms with Crippen molar-refractivity contribution in [3.8, 4) is 0 Å². The predicted octanol–water partition coefficient (Wildman–Crippen LogP) is 1.58. The number of amides is 1. The summed E-state index contributed by atoms with van der Waals surface area (Å²) in [6, 6.07) is 9.36. The van der Waals surface area contributed by atoms with Crippen LogP contribution >= 0.6 is 0 Å². The molecule has 0 saturated carbocycles. The minimum absolute atomic E-state index is 0.168. The highest BCUT2D eigenvalue weighted by Gasteiger charge is 2.39. The van der Waals surface area contributed by atoms with Crippen LogP contribution in [0.2, 0.25) is 0 Å². The van der Waals surface area contributed by atoms with Crippen molar-refractivity contribution in [2.24, 2.45) is 5.41 Å². The molecule has 0 aliphatic rings. The first-order valence-electron chi connectivity index (χ1n) is 10.5. The van der Waals surface area contributed by atoms with Crippen LogP contribution in [0.15, 0.2) is 30.3 Å². The molecule has 9 nitrogen and oxygen atoms in total. The maximum atomic E-state index is 12.8. The van der Waals surface area contributed by atoms with Crippen LogP contribution in [-0.2, 0) is 40.0 Å². The molecule has 0 heterocycles. The van der Waals surface area contributed by atoms with Crippen molar-refractivity contribution in [1.29, 1.82) is 0 Å². The van der Waals surface area contributed by atoms with E-state index in [0.29, 0.717) is 6.54 Å². The first-order valence-corrected chi connectivity index (χ1v) is 12.1. The molecule has 0 aliphatic carbocycles. The summed E-state index contributed by atoms with van der Waals surface area (Å²) < 4.78 is 40.9. The Morgan fingerprint density at radius 1 is 1.16 bits per heavy atom. The molecule has 1 amide bonds. The monoisotopic (exact) mass is 472 g/mol. The first kappa shape index (κ1) is 28.0. The molecule has 0 aromatic heterocycles. The van der Waals surface area contributed by atoms with Gasteiger partial charge >= 0.3 is 5.97 Å². The number of nitrogens with zero attached hydrogens (tertiary/aromatic N) is 1. The average molecular weight is 473 g/mol. The van der Waals surface area contributed by atoms with E-state index in [4.69, 9.17) is 13.7 Å². The molecule has 182 valence electrons. The van der Waals surface area contributed by atoms with Gasteiger partial charge in [0.25, 0.3) is 10.1 Å². The molecule has 0 radical (unpaired) electrons. The van der Waals surface area contributed by atoms with E-state index in [0.717, 1.165) is 5.56 Å². The Kier molecular flexibility index (Phi) is 11.8. The van der Waals surface area contributed by atoms with Gasteiger partial charge in [-0.15, -0.1) is 0 Å². The van der Waals surface area contributed by atoms with E-state index in [1.807, 2.05) is 49.3 Å². The Balaban J connectivity index is 2.77. The summed E-state index contributed by atoms with van der Waals surface area (Å²) in [4.78, 5) is 25.6. The van der Waals surface area contributed by atoms with Crippen LogP contribution in [0.3, 0.4) is 0 Å². The topological polar surface area (TPSA) is 111 Å². The number of nitrogens with one attached hydrogen (secondary N) is 1. The number of esters is 1. The van der Waals surface area contributed by atoms with Crippen molar-refractivity contribution in [3.63, 3.8) is 0 Å². The largest absolute Gasteiger partial charge is 0.462 e. The Hall–Kier alpha value is -2.01. The van der Waals surface area contributed by atoms with Crippen molar-refractivity contribution >= 4 is 22.0 Å². The molecule has 1 aromatic carbocycles. The standard InChI is InChI=1S/C22H36N2O7S/c1-18(25)23-12-9-15-32(27,28)31-17-22(2,3)20(21(26)29-14-13-24(4)5)30-16-19-10-7-6-8-11-19/h6-8,10-11,20H,9,12-17H2,1-5H3,(H,23,25)/t20-/m0/s1. The molecule has 0 fully saturated rings. The van der Waals surface area contributed by atoms with Gasteiger partial charge < -0.3 is 19.7 Å². The molecule has 1 N–H and O–H groups in total. The molecular weight excluding hydrogens is 436 g/mol. The van der Waals surface area contributed by atoms with Crippen molar-refractivity contribution in [2.75, 3.05) is 46.2 Å². The molecule has 32 heavy (non-hydrogen) atoms. The van der Waals surface area contributed by atoms with Crippen LogP contribution in [0, 0.1) is 5.41 Å². The Labute approximate surface area is 191 Å². The number of rotatable bonds is 15. The molecule has 10 heteroatoms. The van der Waals surface area contributed by atoms with Crippen LogP contribution in [0.1, 0.15) is 32.8 Å². The fraction of sp³-hybridized carbons (Fsp3) is 0.636. The summed E-state index contributed by atoms with van der Waals surface area (Å²) in [5, 5.41) is 2.54. The lowest BCUT2D eigenvalue weighted by molar-refractivity contribution is -0.169. The number of hydrogen-bond donors (Lipinski definition) is 1. The maximum Gasteiger partial charge on any atom is 0.335 e. The summed E-state index contributed by atoms with van der Waals surface area (Å²) in [7, 11) is -0.0991. The van der Waals surface area contributed by atoms with Gasteiger partial charge in [-0.2, -0.15) is 8.42 Å². The van der Waals surface area contributed by atoms with Crippen LogP contribution in [-0.4, -0.2) is 77.4 Å². The fourth-order valence-electron chi connectivity index (χ4n) is 2.66. The van der Waals surface area contributed by atoms with Gasteiger partial charge in [0.2, 0.25) is 5.91 Å². The third kappa shape index (κ3) is 11.6. The van der Waals surface area contributed by atoms with Crippen LogP contribution in [0.4, 0.5) is 0 Å². The Morgan fingerprint density at radius 2 is 1.81 bits per heavy atom. The summed E-state index contributed by atoms with van der Waals surface area (Å²) in [6.45, 7) is 5.65. The summed E-state index contributed by atoms with van der Waals surface area (Å²) in [5.74, 6) is -1.04. The van der Waals surface area contributed by atoms with Gasteiger partial charge in [-0.25, -0.2) is 4.79 Å². The molecule has 0 bridgehead atoms. The number of carbonyl (C=O) groups excluding carboxylic acids is 2. The number of hydrogen-bond acceptors (Lipinski definition) is 8. The smallest absolute Gasteiger partial charge is 0.335 e. The third-order valence-electron chi connectivity index (χ3n) is 4.52. The van der Waals surface area contributed by atoms with E-state index in [1.165, 1.54) is 6.92 Å². The minimum atomic E-state index is -3.83. The van der Waals surface area contributed by atoms with E-state index in [1.54, 1.807) is 13.8 Å². The van der Waals surface area contributed by atoms with E-state index in [-0.39, 0.29) is 44.4 Å². The number of likely N-dealkylation sites (N-methyl/N-ethyl adjacent to an activating group) is 1. The van der Waals surface area contributed by atoms with Gasteiger partial charge in [0.05, 0.1) is 19.0 Å². The second-order valence-corrected chi connectivity index (χ2v) is 10.3.